The van der Waals surface area contributed by atoms with E-state index < -0.39 is 0 Å². The van der Waals surface area contributed by atoms with Crippen LogP contribution in [0.1, 0.15) is 16.8 Å². The number of fused-ring (bicyclic) bond motifs is 2. The summed E-state index contributed by atoms with van der Waals surface area (Å²) < 4.78 is 13.5. The number of para-hydroxylation sites is 2. The van der Waals surface area contributed by atoms with Crippen molar-refractivity contribution >= 4 is 16.3 Å². The first-order chi connectivity index (χ1) is 11.8. The van der Waals surface area contributed by atoms with Crippen LogP contribution in [0.15, 0.2) is 30.3 Å². The summed E-state index contributed by atoms with van der Waals surface area (Å²) in [7, 11) is 0. The van der Waals surface area contributed by atoms with Crippen LogP contribution < -0.4 is 9.47 Å². The zero-order valence-corrected chi connectivity index (χ0v) is 13.4. The summed E-state index contributed by atoms with van der Waals surface area (Å²) in [5.74, 6) is 2.08. The van der Waals surface area contributed by atoms with E-state index in [2.05, 4.69) is 25.5 Å². The number of hydrogen-bond donors (Lipinski definition) is 1. The number of aromatic nitrogens is 6. The second-order valence-electron chi connectivity index (χ2n) is 5.46. The number of ether oxygens (including phenoxy) is 2. The second-order valence-corrected chi connectivity index (χ2v) is 6.45. The van der Waals surface area contributed by atoms with Crippen molar-refractivity contribution in [2.24, 2.45) is 0 Å². The lowest BCUT2D eigenvalue weighted by Gasteiger charge is -2.24. The number of hydrogen-bond acceptors (Lipinski definition) is 7. The third-order valence-electron chi connectivity index (χ3n) is 3.73. The molecule has 0 spiro atoms. The largest absolute Gasteiger partial charge is 0.485 e. The van der Waals surface area contributed by atoms with Gasteiger partial charge in [0.05, 0.1) is 0 Å². The molecular weight excluding hydrogens is 328 g/mol. The van der Waals surface area contributed by atoms with E-state index in [0.29, 0.717) is 23.1 Å². The smallest absolute Gasteiger partial charge is 0.235 e. The van der Waals surface area contributed by atoms with Gasteiger partial charge in [-0.2, -0.15) is 14.7 Å². The summed E-state index contributed by atoms with van der Waals surface area (Å²) in [5.41, 5.74) is 1.67. The maximum Gasteiger partial charge on any atom is 0.235 e. The van der Waals surface area contributed by atoms with Crippen LogP contribution >= 0.6 is 11.3 Å². The standard InChI is InChI=1S/C15H12N6O2S/c1-8-6-9(17-16-8)13-18-19-15-21(13)20-14(24-15)12-7-22-10-4-2-3-5-11(10)23-12/h2-6,12H,7H2,1H3,(H,16,17). The topological polar surface area (TPSA) is 90.2 Å². The van der Waals surface area contributed by atoms with Crippen LogP contribution in [0.25, 0.3) is 16.5 Å². The van der Waals surface area contributed by atoms with Gasteiger partial charge in [-0.25, -0.2) is 0 Å². The fourth-order valence-corrected chi connectivity index (χ4v) is 3.45. The van der Waals surface area contributed by atoms with Crippen LogP contribution in [-0.4, -0.2) is 36.6 Å². The van der Waals surface area contributed by atoms with E-state index in [-0.39, 0.29) is 6.10 Å². The monoisotopic (exact) mass is 340 g/mol. The summed E-state index contributed by atoms with van der Waals surface area (Å²) in [6.45, 7) is 2.35. The molecule has 0 bridgehead atoms. The van der Waals surface area contributed by atoms with Gasteiger partial charge in [-0.15, -0.1) is 10.2 Å². The van der Waals surface area contributed by atoms with E-state index >= 15 is 0 Å². The number of aromatic amines is 1. The van der Waals surface area contributed by atoms with Gasteiger partial charge in [0.2, 0.25) is 10.8 Å². The molecule has 4 aromatic rings. The van der Waals surface area contributed by atoms with Gasteiger partial charge in [-0.05, 0) is 25.1 Å². The normalized spacial score (nSPS) is 16.6. The molecule has 0 saturated carbocycles. The Hall–Kier alpha value is -2.94. The molecule has 4 heterocycles. The highest BCUT2D eigenvalue weighted by Crippen LogP contribution is 2.37. The molecule has 1 aliphatic rings. The van der Waals surface area contributed by atoms with Gasteiger partial charge in [0.25, 0.3) is 0 Å². The molecule has 120 valence electrons. The summed E-state index contributed by atoms with van der Waals surface area (Å²) in [5, 5.41) is 20.9. The third kappa shape index (κ3) is 2.05. The van der Waals surface area contributed by atoms with Crippen molar-refractivity contribution in [3.05, 3.63) is 41.0 Å². The minimum absolute atomic E-state index is 0.264. The van der Waals surface area contributed by atoms with Gasteiger partial charge >= 0.3 is 0 Å². The van der Waals surface area contributed by atoms with Gasteiger partial charge in [0.1, 0.15) is 12.3 Å². The fourth-order valence-electron chi connectivity index (χ4n) is 2.60. The average Bonchev–Trinajstić information content (AvgIpc) is 3.29. The lowest BCUT2D eigenvalue weighted by molar-refractivity contribution is 0.0904. The average molecular weight is 340 g/mol. The number of nitrogens with zero attached hydrogens (tertiary/aromatic N) is 5. The quantitative estimate of drug-likeness (QED) is 0.602. The molecule has 1 unspecified atom stereocenters. The van der Waals surface area contributed by atoms with Crippen LogP contribution in [0.4, 0.5) is 0 Å². The number of aryl methyl sites for hydroxylation is 1. The summed E-state index contributed by atoms with van der Waals surface area (Å²) in [4.78, 5) is 0.697. The molecule has 0 fully saturated rings. The molecule has 0 amide bonds. The Morgan fingerprint density at radius 3 is 2.96 bits per heavy atom. The molecule has 0 radical (unpaired) electrons. The molecule has 3 aromatic heterocycles. The Kier molecular flexibility index (Phi) is 2.83. The molecule has 1 aromatic carbocycles. The van der Waals surface area contributed by atoms with E-state index in [0.717, 1.165) is 22.2 Å². The lowest BCUT2D eigenvalue weighted by Crippen LogP contribution is -2.21. The van der Waals surface area contributed by atoms with Crippen molar-refractivity contribution < 1.29 is 9.47 Å². The van der Waals surface area contributed by atoms with Gasteiger partial charge < -0.3 is 9.47 Å². The van der Waals surface area contributed by atoms with Crippen molar-refractivity contribution in [2.45, 2.75) is 13.0 Å². The van der Waals surface area contributed by atoms with Crippen LogP contribution in [0.3, 0.4) is 0 Å². The Bertz CT molecular complexity index is 1040. The Labute approximate surface area is 140 Å². The van der Waals surface area contributed by atoms with E-state index in [4.69, 9.17) is 9.47 Å². The molecule has 24 heavy (non-hydrogen) atoms. The molecule has 8 nitrogen and oxygen atoms in total. The molecule has 1 atom stereocenters. The Morgan fingerprint density at radius 1 is 1.25 bits per heavy atom. The third-order valence-corrected chi connectivity index (χ3v) is 4.72. The van der Waals surface area contributed by atoms with Gasteiger partial charge in [-0.3, -0.25) is 5.10 Å². The molecule has 1 N–H and O–H groups in total. The fraction of sp³-hybridized carbons (Fsp3) is 0.200. The second kappa shape index (κ2) is 5.03. The highest BCUT2D eigenvalue weighted by atomic mass is 32.1. The number of nitrogens with one attached hydrogen (secondary N) is 1. The van der Waals surface area contributed by atoms with Gasteiger partial charge in [-0.1, -0.05) is 23.5 Å². The lowest BCUT2D eigenvalue weighted by atomic mass is 10.3. The first kappa shape index (κ1) is 13.5. The Balaban J connectivity index is 1.52. The van der Waals surface area contributed by atoms with Crippen LogP contribution in [0.2, 0.25) is 0 Å². The number of benzene rings is 1. The summed E-state index contributed by atoms with van der Waals surface area (Å²) >= 11 is 1.44. The summed E-state index contributed by atoms with van der Waals surface area (Å²) in [6.07, 6.45) is -0.264. The molecule has 0 aliphatic carbocycles. The first-order valence-corrected chi connectivity index (χ1v) is 8.22. The first-order valence-electron chi connectivity index (χ1n) is 7.41. The van der Waals surface area contributed by atoms with E-state index in [1.165, 1.54) is 11.3 Å². The zero-order valence-electron chi connectivity index (χ0n) is 12.6. The molecular formula is C15H12N6O2S. The van der Waals surface area contributed by atoms with E-state index in [1.54, 1.807) is 4.52 Å². The van der Waals surface area contributed by atoms with Crippen LogP contribution in [-0.2, 0) is 0 Å². The zero-order chi connectivity index (χ0) is 16.1. The van der Waals surface area contributed by atoms with Crippen molar-refractivity contribution in [2.75, 3.05) is 6.61 Å². The highest BCUT2D eigenvalue weighted by molar-refractivity contribution is 7.16. The predicted octanol–water partition coefficient (Wildman–Crippen LogP) is 2.40. The molecule has 9 heteroatoms. The maximum atomic E-state index is 6.01. The van der Waals surface area contributed by atoms with Crippen molar-refractivity contribution in [1.82, 2.24) is 30.0 Å². The predicted molar refractivity (Wildman–Crippen MR) is 86.3 cm³/mol. The SMILES string of the molecule is Cc1cc(-c2nnc3sc(C4COc5ccccc5O4)nn23)n[nH]1. The molecule has 0 saturated heterocycles. The highest BCUT2D eigenvalue weighted by Gasteiger charge is 2.27. The Morgan fingerprint density at radius 2 is 2.12 bits per heavy atom. The van der Waals surface area contributed by atoms with Crippen molar-refractivity contribution in [3.8, 4) is 23.0 Å². The van der Waals surface area contributed by atoms with Crippen LogP contribution in [0.5, 0.6) is 11.5 Å². The maximum absolute atomic E-state index is 6.01. The number of rotatable bonds is 2. The minimum Gasteiger partial charge on any atom is -0.485 e. The van der Waals surface area contributed by atoms with E-state index in [9.17, 15) is 0 Å². The molecule has 1 aliphatic heterocycles. The molecule has 5 rings (SSSR count). The van der Waals surface area contributed by atoms with E-state index in [1.807, 2.05) is 37.3 Å². The van der Waals surface area contributed by atoms with Crippen molar-refractivity contribution in [3.63, 3.8) is 0 Å². The van der Waals surface area contributed by atoms with Gasteiger partial charge in [0.15, 0.2) is 22.6 Å². The minimum atomic E-state index is -0.264. The summed E-state index contributed by atoms with van der Waals surface area (Å²) in [6, 6.07) is 9.53. The van der Waals surface area contributed by atoms with Crippen molar-refractivity contribution in [1.29, 1.82) is 0 Å². The number of H-pyrrole nitrogens is 1. The van der Waals surface area contributed by atoms with Crippen LogP contribution in [0, 0.1) is 6.92 Å². The van der Waals surface area contributed by atoms with Gasteiger partial charge in [0, 0.05) is 5.69 Å².